The van der Waals surface area contributed by atoms with Crippen molar-refractivity contribution in [3.63, 3.8) is 0 Å². The van der Waals surface area contributed by atoms with Crippen LogP contribution in [-0.4, -0.2) is 52.7 Å². The number of azide groups is 1. The highest BCUT2D eigenvalue weighted by Gasteiger charge is 2.40. The summed E-state index contributed by atoms with van der Waals surface area (Å²) in [5.74, 6) is 0.853. The van der Waals surface area contributed by atoms with Gasteiger partial charge in [-0.2, -0.15) is 0 Å². The molecule has 2 aromatic rings. The highest BCUT2D eigenvalue weighted by atomic mass is 127. The summed E-state index contributed by atoms with van der Waals surface area (Å²) in [4.78, 5) is 27.5. The molecule has 162 valence electrons. The van der Waals surface area contributed by atoms with Crippen LogP contribution in [-0.2, 0) is 17.9 Å². The number of halogens is 1. The molecule has 1 amide bonds. The predicted octanol–water partition coefficient (Wildman–Crippen LogP) is 4.41. The second kappa shape index (κ2) is 8.93. The zero-order valence-corrected chi connectivity index (χ0v) is 19.6. The van der Waals surface area contributed by atoms with Crippen molar-refractivity contribution in [2.75, 3.05) is 26.2 Å². The van der Waals surface area contributed by atoms with Crippen LogP contribution in [0.5, 0.6) is 0 Å². The van der Waals surface area contributed by atoms with Gasteiger partial charge in [0.2, 0.25) is 5.96 Å². The van der Waals surface area contributed by atoms with E-state index >= 15 is 0 Å². The van der Waals surface area contributed by atoms with Crippen molar-refractivity contribution in [2.24, 2.45) is 10.1 Å². The predicted molar refractivity (Wildman–Crippen MR) is 131 cm³/mol. The third-order valence-electron chi connectivity index (χ3n) is 6.01. The van der Waals surface area contributed by atoms with Crippen molar-refractivity contribution < 1.29 is 4.79 Å². The first-order valence-corrected chi connectivity index (χ1v) is 11.7. The van der Waals surface area contributed by atoms with Gasteiger partial charge in [0.15, 0.2) is 0 Å². The van der Waals surface area contributed by atoms with Gasteiger partial charge in [0.05, 0.1) is 18.7 Å². The van der Waals surface area contributed by atoms with Gasteiger partial charge in [-0.15, -0.1) is 0 Å². The minimum absolute atomic E-state index is 0.0583. The van der Waals surface area contributed by atoms with E-state index in [0.29, 0.717) is 25.3 Å². The molecule has 2 aromatic carbocycles. The molecule has 0 radical (unpaired) electrons. The van der Waals surface area contributed by atoms with Crippen molar-refractivity contribution in [1.29, 1.82) is 0 Å². The van der Waals surface area contributed by atoms with Crippen LogP contribution in [0.2, 0.25) is 0 Å². The summed E-state index contributed by atoms with van der Waals surface area (Å²) in [6.45, 7) is 4.26. The minimum atomic E-state index is 0.0583. The van der Waals surface area contributed by atoms with Gasteiger partial charge in [-0.1, -0.05) is 35.4 Å². The Hall–Kier alpha value is -2.88. The molecule has 0 aromatic heterocycles. The van der Waals surface area contributed by atoms with E-state index in [9.17, 15) is 4.79 Å². The van der Waals surface area contributed by atoms with Crippen LogP contribution in [0.25, 0.3) is 10.4 Å². The normalized spacial score (nSPS) is 18.3. The fourth-order valence-corrected chi connectivity index (χ4v) is 4.91. The standard InChI is InChI=1S/C23H22IN7O/c24-18-6-4-16(5-7-18)14-31-22(32)20-15-29(10-8-21(20)30-11-9-26-23(30)31)13-17-2-1-3-19(12-17)27-28-25/h1-7,12H,8-11,13-15H2. The molecule has 0 aliphatic carbocycles. The zero-order valence-electron chi connectivity index (χ0n) is 17.5. The molecule has 5 rings (SSSR count). The van der Waals surface area contributed by atoms with Crippen LogP contribution in [0.15, 0.2) is 69.9 Å². The van der Waals surface area contributed by atoms with Crippen molar-refractivity contribution >= 4 is 40.1 Å². The van der Waals surface area contributed by atoms with E-state index in [-0.39, 0.29) is 5.91 Å². The summed E-state index contributed by atoms with van der Waals surface area (Å²) in [7, 11) is 0. The number of aliphatic imine (C=N–C) groups is 1. The lowest BCUT2D eigenvalue weighted by atomic mass is 10.00. The lowest BCUT2D eigenvalue weighted by molar-refractivity contribution is -0.125. The quantitative estimate of drug-likeness (QED) is 0.244. The third kappa shape index (κ3) is 4.11. The summed E-state index contributed by atoms with van der Waals surface area (Å²) in [5.41, 5.74) is 13.5. The largest absolute Gasteiger partial charge is 0.314 e. The van der Waals surface area contributed by atoms with Crippen LogP contribution < -0.4 is 0 Å². The zero-order chi connectivity index (χ0) is 22.1. The number of nitrogens with zero attached hydrogens (tertiary/aromatic N) is 7. The van der Waals surface area contributed by atoms with Gasteiger partial charge in [-0.3, -0.25) is 19.6 Å². The lowest BCUT2D eigenvalue weighted by Crippen LogP contribution is -2.53. The molecule has 0 unspecified atom stereocenters. The Labute approximate surface area is 200 Å². The fraction of sp³-hybridized carbons (Fsp3) is 0.304. The van der Waals surface area contributed by atoms with E-state index in [1.807, 2.05) is 23.1 Å². The van der Waals surface area contributed by atoms with Crippen LogP contribution >= 0.6 is 22.6 Å². The van der Waals surface area contributed by atoms with Gasteiger partial charge in [0.1, 0.15) is 0 Å². The molecule has 0 saturated heterocycles. The minimum Gasteiger partial charge on any atom is -0.314 e. The molecule has 0 atom stereocenters. The first-order chi connectivity index (χ1) is 15.6. The molecule has 8 nitrogen and oxygen atoms in total. The van der Waals surface area contributed by atoms with Crippen LogP contribution in [0, 0.1) is 3.57 Å². The van der Waals surface area contributed by atoms with Gasteiger partial charge in [-0.25, -0.2) is 0 Å². The first-order valence-electron chi connectivity index (χ1n) is 10.6. The number of carbonyl (C=O) groups excluding carboxylic acids is 1. The molecule has 3 aliphatic rings. The number of benzene rings is 2. The molecule has 0 fully saturated rings. The molecule has 0 saturated carbocycles. The van der Waals surface area contributed by atoms with Gasteiger partial charge in [0.25, 0.3) is 5.91 Å². The molecule has 9 heteroatoms. The van der Waals surface area contributed by atoms with E-state index in [1.54, 1.807) is 6.07 Å². The van der Waals surface area contributed by atoms with Gasteiger partial charge in [0, 0.05) is 52.5 Å². The SMILES string of the molecule is [N-]=[N+]=Nc1cccc(CN2CCC3=C(C2)C(=O)N(Cc2ccc(I)cc2)C2=NCCN23)c1. The Morgan fingerprint density at radius 1 is 1.09 bits per heavy atom. The molecule has 32 heavy (non-hydrogen) atoms. The van der Waals surface area contributed by atoms with Crippen molar-refractivity contribution in [3.8, 4) is 0 Å². The summed E-state index contributed by atoms with van der Waals surface area (Å²) in [6.07, 6.45) is 0.827. The smallest absolute Gasteiger partial charge is 0.259 e. The summed E-state index contributed by atoms with van der Waals surface area (Å²) in [5, 5.41) is 3.70. The monoisotopic (exact) mass is 539 g/mol. The van der Waals surface area contributed by atoms with E-state index in [4.69, 9.17) is 5.53 Å². The molecule has 0 spiro atoms. The van der Waals surface area contributed by atoms with E-state index in [2.05, 4.69) is 71.7 Å². The Balaban J connectivity index is 1.38. The lowest BCUT2D eigenvalue weighted by Gasteiger charge is -2.42. The van der Waals surface area contributed by atoms with E-state index in [1.165, 1.54) is 3.57 Å². The van der Waals surface area contributed by atoms with Crippen molar-refractivity contribution in [3.05, 3.63) is 84.9 Å². The maximum atomic E-state index is 13.6. The number of rotatable bonds is 5. The molecule has 0 bridgehead atoms. The number of amides is 1. The Morgan fingerprint density at radius 2 is 1.94 bits per heavy atom. The van der Waals surface area contributed by atoms with Gasteiger partial charge >= 0.3 is 0 Å². The molecule has 0 N–H and O–H groups in total. The number of hydrogen-bond acceptors (Lipinski definition) is 5. The highest BCUT2D eigenvalue weighted by molar-refractivity contribution is 14.1. The van der Waals surface area contributed by atoms with Gasteiger partial charge in [-0.05, 0) is 57.4 Å². The summed E-state index contributed by atoms with van der Waals surface area (Å²) in [6, 6.07) is 15.9. The first kappa shape index (κ1) is 21.0. The van der Waals surface area contributed by atoms with Gasteiger partial charge < -0.3 is 4.90 Å². The fourth-order valence-electron chi connectivity index (χ4n) is 4.55. The summed E-state index contributed by atoms with van der Waals surface area (Å²) >= 11 is 2.29. The second-order valence-electron chi connectivity index (χ2n) is 8.10. The van der Waals surface area contributed by atoms with Crippen LogP contribution in [0.1, 0.15) is 17.5 Å². The summed E-state index contributed by atoms with van der Waals surface area (Å²) < 4.78 is 1.17. The van der Waals surface area contributed by atoms with E-state index < -0.39 is 0 Å². The Morgan fingerprint density at radius 3 is 2.75 bits per heavy atom. The average molecular weight is 539 g/mol. The number of fused-ring (bicyclic) bond motifs is 2. The molecular formula is C23H22IN7O. The average Bonchev–Trinajstić information content (AvgIpc) is 3.28. The number of carbonyl (C=O) groups is 1. The second-order valence-corrected chi connectivity index (χ2v) is 9.34. The maximum Gasteiger partial charge on any atom is 0.259 e. The Kier molecular flexibility index (Phi) is 5.86. The number of guanidine groups is 1. The Bertz CT molecular complexity index is 1170. The highest BCUT2D eigenvalue weighted by Crippen LogP contribution is 2.32. The molecular weight excluding hydrogens is 517 g/mol. The topological polar surface area (TPSA) is 87.9 Å². The molecule has 3 heterocycles. The molecule has 3 aliphatic heterocycles. The maximum absolute atomic E-state index is 13.6. The van der Waals surface area contributed by atoms with Crippen molar-refractivity contribution in [1.82, 2.24) is 14.7 Å². The van der Waals surface area contributed by atoms with Crippen molar-refractivity contribution in [2.45, 2.75) is 19.5 Å². The number of hydrogen-bond donors (Lipinski definition) is 0. The van der Waals surface area contributed by atoms with E-state index in [0.717, 1.165) is 54.4 Å². The third-order valence-corrected chi connectivity index (χ3v) is 6.73. The van der Waals surface area contributed by atoms with Crippen LogP contribution in [0.4, 0.5) is 5.69 Å². The van der Waals surface area contributed by atoms with Crippen LogP contribution in [0.3, 0.4) is 0 Å².